The lowest BCUT2D eigenvalue weighted by Crippen LogP contribution is -2.03. The molecule has 1 aromatic heterocycles. The molecule has 120 valence electrons. The zero-order valence-electron chi connectivity index (χ0n) is 12.0. The summed E-state index contributed by atoms with van der Waals surface area (Å²) in [6, 6.07) is 7.95. The van der Waals surface area contributed by atoms with Crippen molar-refractivity contribution >= 4 is 28.9 Å². The Hall–Kier alpha value is -3.68. The molecule has 0 radical (unpaired) electrons. The Morgan fingerprint density at radius 2 is 1.38 bits per heavy atom. The molecular weight excluding hydrogens is 316 g/mol. The lowest BCUT2D eigenvalue weighted by molar-refractivity contribution is 0.0682. The average molecular weight is 326 g/mol. The monoisotopic (exact) mass is 326 g/mol. The van der Waals surface area contributed by atoms with E-state index in [1.165, 1.54) is 30.3 Å². The van der Waals surface area contributed by atoms with E-state index in [1.807, 2.05) is 0 Å². The second-order valence-corrected chi connectivity index (χ2v) is 5.03. The summed E-state index contributed by atoms with van der Waals surface area (Å²) in [5, 5.41) is 27.2. The first-order valence-corrected chi connectivity index (χ1v) is 6.70. The highest BCUT2D eigenvalue weighted by molar-refractivity contribution is 5.96. The van der Waals surface area contributed by atoms with Crippen LogP contribution in [0.1, 0.15) is 31.1 Å². The molecule has 0 fully saturated rings. The Morgan fingerprint density at radius 3 is 1.92 bits per heavy atom. The number of nitrogens with one attached hydrogen (secondary N) is 1. The smallest absolute Gasteiger partial charge is 0.335 e. The molecule has 1 heterocycles. The Bertz CT molecular complexity index is 973. The molecule has 0 spiro atoms. The second-order valence-electron chi connectivity index (χ2n) is 5.03. The molecule has 3 aromatic rings. The van der Waals surface area contributed by atoms with Crippen molar-refractivity contribution in [3.8, 4) is 11.4 Å². The van der Waals surface area contributed by atoms with E-state index in [2.05, 4.69) is 9.97 Å². The van der Waals surface area contributed by atoms with Crippen molar-refractivity contribution in [1.29, 1.82) is 0 Å². The first-order valence-electron chi connectivity index (χ1n) is 6.70. The molecule has 0 atom stereocenters. The van der Waals surface area contributed by atoms with Gasteiger partial charge in [0.1, 0.15) is 5.82 Å². The van der Waals surface area contributed by atoms with Crippen molar-refractivity contribution in [2.24, 2.45) is 0 Å². The minimum atomic E-state index is -1.26. The fourth-order valence-electron chi connectivity index (χ4n) is 2.29. The number of H-pyrrole nitrogens is 1. The quantitative estimate of drug-likeness (QED) is 0.576. The third-order valence-electron chi connectivity index (χ3n) is 3.43. The van der Waals surface area contributed by atoms with Gasteiger partial charge in [-0.2, -0.15) is 0 Å². The molecule has 24 heavy (non-hydrogen) atoms. The lowest BCUT2D eigenvalue weighted by Gasteiger charge is -2.02. The van der Waals surface area contributed by atoms with Crippen LogP contribution in [0.3, 0.4) is 0 Å². The van der Waals surface area contributed by atoms with Gasteiger partial charge >= 0.3 is 17.9 Å². The molecule has 3 rings (SSSR count). The van der Waals surface area contributed by atoms with Gasteiger partial charge in [-0.15, -0.1) is 0 Å². The van der Waals surface area contributed by atoms with Gasteiger partial charge in [0.25, 0.3) is 0 Å². The maximum absolute atomic E-state index is 11.2. The van der Waals surface area contributed by atoms with E-state index in [0.29, 0.717) is 11.0 Å². The topological polar surface area (TPSA) is 141 Å². The number of carboxylic acids is 3. The fourth-order valence-corrected chi connectivity index (χ4v) is 2.29. The van der Waals surface area contributed by atoms with E-state index in [0.717, 1.165) is 6.07 Å². The van der Waals surface area contributed by atoms with Crippen LogP contribution in [-0.4, -0.2) is 43.2 Å². The number of hydrogen-bond acceptors (Lipinski definition) is 4. The van der Waals surface area contributed by atoms with Crippen LogP contribution in [0, 0.1) is 0 Å². The Morgan fingerprint density at radius 1 is 0.792 bits per heavy atom. The third kappa shape index (κ3) is 2.68. The van der Waals surface area contributed by atoms with Gasteiger partial charge in [-0.3, -0.25) is 0 Å². The summed E-state index contributed by atoms with van der Waals surface area (Å²) in [5.74, 6) is -3.36. The van der Waals surface area contributed by atoms with Gasteiger partial charge in [-0.1, -0.05) is 0 Å². The molecule has 0 aliphatic heterocycles. The first-order chi connectivity index (χ1) is 11.3. The molecule has 0 bridgehead atoms. The van der Waals surface area contributed by atoms with E-state index in [4.69, 9.17) is 15.3 Å². The summed E-state index contributed by atoms with van der Waals surface area (Å²) in [6.07, 6.45) is 0. The number of rotatable bonds is 4. The van der Waals surface area contributed by atoms with Crippen molar-refractivity contribution in [3.63, 3.8) is 0 Å². The van der Waals surface area contributed by atoms with E-state index in [9.17, 15) is 14.4 Å². The number of nitrogens with zero attached hydrogens (tertiary/aromatic N) is 1. The maximum Gasteiger partial charge on any atom is 0.335 e. The Kier molecular flexibility index (Phi) is 3.49. The summed E-state index contributed by atoms with van der Waals surface area (Å²) in [7, 11) is 0. The highest BCUT2D eigenvalue weighted by atomic mass is 16.4. The zero-order valence-corrected chi connectivity index (χ0v) is 12.0. The highest BCUT2D eigenvalue weighted by Gasteiger charge is 2.15. The third-order valence-corrected chi connectivity index (χ3v) is 3.43. The first kappa shape index (κ1) is 15.2. The average Bonchev–Trinajstić information content (AvgIpc) is 2.97. The summed E-state index contributed by atoms with van der Waals surface area (Å²) in [4.78, 5) is 40.4. The fraction of sp³-hybridized carbons (Fsp3) is 0. The minimum absolute atomic E-state index is 0.0724. The van der Waals surface area contributed by atoms with Gasteiger partial charge < -0.3 is 20.3 Å². The second kappa shape index (κ2) is 5.51. The summed E-state index contributed by atoms with van der Waals surface area (Å²) in [5.41, 5.74) is 0.909. The van der Waals surface area contributed by atoms with Crippen LogP contribution in [0.5, 0.6) is 0 Å². The minimum Gasteiger partial charge on any atom is -0.478 e. The van der Waals surface area contributed by atoms with Gasteiger partial charge in [-0.05, 0) is 36.4 Å². The molecule has 0 aliphatic rings. The standard InChI is InChI=1S/C16H10N2O6/c19-14(20)7-1-2-11-12(6-7)18-13(17-11)8-3-9(15(21)22)5-10(4-8)16(23)24/h1-6H,(H,17,18)(H,19,20)(H,21,22)(H,23,24). The van der Waals surface area contributed by atoms with E-state index in [1.54, 1.807) is 0 Å². The number of carboxylic acid groups (broad SMARTS) is 3. The van der Waals surface area contributed by atoms with Gasteiger partial charge in [-0.25, -0.2) is 19.4 Å². The molecule has 0 saturated heterocycles. The molecule has 0 aliphatic carbocycles. The maximum atomic E-state index is 11.2. The normalized spacial score (nSPS) is 10.7. The van der Waals surface area contributed by atoms with Gasteiger partial charge in [0.15, 0.2) is 0 Å². The number of aromatic carboxylic acids is 3. The number of benzene rings is 2. The zero-order chi connectivity index (χ0) is 17.4. The predicted octanol–water partition coefficient (Wildman–Crippen LogP) is 2.32. The van der Waals surface area contributed by atoms with Crippen LogP contribution in [0.15, 0.2) is 36.4 Å². The molecule has 0 unspecified atom stereocenters. The molecule has 8 heteroatoms. The van der Waals surface area contributed by atoms with Gasteiger partial charge in [0.2, 0.25) is 0 Å². The molecular formula is C16H10N2O6. The Labute approximate surface area is 134 Å². The summed E-state index contributed by atoms with van der Waals surface area (Å²) in [6.45, 7) is 0. The number of carbonyl (C=O) groups is 3. The van der Waals surface area contributed by atoms with Crippen LogP contribution in [0.2, 0.25) is 0 Å². The van der Waals surface area contributed by atoms with Crippen molar-refractivity contribution in [3.05, 3.63) is 53.1 Å². The highest BCUT2D eigenvalue weighted by Crippen LogP contribution is 2.24. The SMILES string of the molecule is O=C(O)c1cc(C(=O)O)cc(-c2nc3ccc(C(=O)O)cc3[nH]2)c1. The number of aromatic amines is 1. The number of fused-ring (bicyclic) bond motifs is 1. The number of aromatic nitrogens is 2. The Balaban J connectivity index is 2.17. The van der Waals surface area contributed by atoms with Crippen LogP contribution >= 0.6 is 0 Å². The van der Waals surface area contributed by atoms with Crippen LogP contribution in [0.25, 0.3) is 22.4 Å². The van der Waals surface area contributed by atoms with Crippen LogP contribution < -0.4 is 0 Å². The summed E-state index contributed by atoms with van der Waals surface area (Å²) < 4.78 is 0. The van der Waals surface area contributed by atoms with Crippen molar-refractivity contribution in [2.75, 3.05) is 0 Å². The van der Waals surface area contributed by atoms with Crippen LogP contribution in [0.4, 0.5) is 0 Å². The van der Waals surface area contributed by atoms with Crippen LogP contribution in [-0.2, 0) is 0 Å². The number of imidazole rings is 1. The van der Waals surface area contributed by atoms with Crippen molar-refractivity contribution in [2.45, 2.75) is 0 Å². The van der Waals surface area contributed by atoms with Crippen molar-refractivity contribution < 1.29 is 29.7 Å². The molecule has 0 amide bonds. The molecule has 8 nitrogen and oxygen atoms in total. The van der Waals surface area contributed by atoms with E-state index in [-0.39, 0.29) is 28.1 Å². The van der Waals surface area contributed by atoms with Crippen molar-refractivity contribution in [1.82, 2.24) is 9.97 Å². The molecule has 4 N–H and O–H groups in total. The molecule has 2 aromatic carbocycles. The van der Waals surface area contributed by atoms with E-state index >= 15 is 0 Å². The predicted molar refractivity (Wildman–Crippen MR) is 82.4 cm³/mol. The van der Waals surface area contributed by atoms with E-state index < -0.39 is 17.9 Å². The van der Waals surface area contributed by atoms with Gasteiger partial charge in [0, 0.05) is 5.56 Å². The number of hydrogen-bond donors (Lipinski definition) is 4. The van der Waals surface area contributed by atoms with Gasteiger partial charge in [0.05, 0.1) is 27.7 Å². The largest absolute Gasteiger partial charge is 0.478 e. The summed E-state index contributed by atoms with van der Waals surface area (Å²) >= 11 is 0. The lowest BCUT2D eigenvalue weighted by atomic mass is 10.1. The molecule has 0 saturated carbocycles.